The molecule has 1 aromatic carbocycles. The Morgan fingerprint density at radius 1 is 1.20 bits per heavy atom. The highest BCUT2D eigenvalue weighted by atomic mass is 16.5. The summed E-state index contributed by atoms with van der Waals surface area (Å²) in [5.41, 5.74) is 0.868. The number of carbonyl (C=O) groups is 1. The number of phenols is 1. The highest BCUT2D eigenvalue weighted by Gasteiger charge is 2.25. The van der Waals surface area contributed by atoms with E-state index in [1.54, 1.807) is 24.3 Å². The third-order valence-electron chi connectivity index (χ3n) is 4.37. The van der Waals surface area contributed by atoms with Crippen LogP contribution in [0.5, 0.6) is 5.75 Å². The van der Waals surface area contributed by atoms with Crippen LogP contribution in [0.4, 0.5) is 0 Å². The van der Waals surface area contributed by atoms with E-state index in [0.29, 0.717) is 19.8 Å². The number of carbonyl (C=O) groups excluding carboxylic acids is 1. The van der Waals surface area contributed by atoms with Crippen molar-refractivity contribution in [3.63, 3.8) is 0 Å². The first-order chi connectivity index (χ1) is 12.1. The van der Waals surface area contributed by atoms with Crippen LogP contribution in [-0.2, 0) is 16.0 Å². The maximum atomic E-state index is 12.3. The molecule has 6 heteroatoms. The number of aromatic hydroxyl groups is 1. The Bertz CT molecular complexity index is 690. The SMILES string of the molecule is Cc1ccc(C(CNC(=O)Cc2ccc(O)cc2)N2CCOCC2)o1. The molecule has 1 aliphatic heterocycles. The number of amides is 1. The second-order valence-corrected chi connectivity index (χ2v) is 6.26. The predicted octanol–water partition coefficient (Wildman–Crippen LogP) is 2.03. The second-order valence-electron chi connectivity index (χ2n) is 6.26. The summed E-state index contributed by atoms with van der Waals surface area (Å²) in [6, 6.07) is 10.6. The van der Waals surface area contributed by atoms with E-state index in [-0.39, 0.29) is 24.1 Å². The topological polar surface area (TPSA) is 74.9 Å². The van der Waals surface area contributed by atoms with Crippen molar-refractivity contribution in [2.24, 2.45) is 0 Å². The van der Waals surface area contributed by atoms with Gasteiger partial charge in [0, 0.05) is 19.6 Å². The first-order valence-corrected chi connectivity index (χ1v) is 8.54. The third-order valence-corrected chi connectivity index (χ3v) is 4.37. The zero-order valence-corrected chi connectivity index (χ0v) is 14.4. The average molecular weight is 344 g/mol. The van der Waals surface area contributed by atoms with Crippen LogP contribution >= 0.6 is 0 Å². The predicted molar refractivity (Wildman–Crippen MR) is 93.4 cm³/mol. The molecular formula is C19H24N2O4. The van der Waals surface area contributed by atoms with Crippen LogP contribution in [-0.4, -0.2) is 48.8 Å². The van der Waals surface area contributed by atoms with Crippen molar-refractivity contribution >= 4 is 5.91 Å². The minimum atomic E-state index is -0.0489. The molecule has 0 bridgehead atoms. The molecule has 25 heavy (non-hydrogen) atoms. The van der Waals surface area contributed by atoms with E-state index < -0.39 is 0 Å². The lowest BCUT2D eigenvalue weighted by Crippen LogP contribution is -2.43. The summed E-state index contributed by atoms with van der Waals surface area (Å²) in [6.07, 6.45) is 0.285. The highest BCUT2D eigenvalue weighted by Crippen LogP contribution is 2.23. The molecular weight excluding hydrogens is 320 g/mol. The number of phenolic OH excluding ortho intramolecular Hbond substituents is 1. The molecule has 134 valence electrons. The van der Waals surface area contributed by atoms with Gasteiger partial charge in [0.05, 0.1) is 25.7 Å². The largest absolute Gasteiger partial charge is 0.508 e. The third kappa shape index (κ3) is 4.84. The lowest BCUT2D eigenvalue weighted by molar-refractivity contribution is -0.120. The summed E-state index contributed by atoms with van der Waals surface area (Å²) in [5, 5.41) is 12.3. The second kappa shape index (κ2) is 8.18. The van der Waals surface area contributed by atoms with Gasteiger partial charge < -0.3 is 19.6 Å². The van der Waals surface area contributed by atoms with Crippen LogP contribution in [0.2, 0.25) is 0 Å². The molecule has 1 saturated heterocycles. The minimum Gasteiger partial charge on any atom is -0.508 e. The van der Waals surface area contributed by atoms with Gasteiger partial charge in [0.15, 0.2) is 0 Å². The molecule has 3 rings (SSSR count). The number of ether oxygens (including phenoxy) is 1. The first kappa shape index (κ1) is 17.5. The Hall–Kier alpha value is -2.31. The fourth-order valence-electron chi connectivity index (χ4n) is 3.00. The van der Waals surface area contributed by atoms with Crippen molar-refractivity contribution in [3.8, 4) is 5.75 Å². The molecule has 0 spiro atoms. The van der Waals surface area contributed by atoms with Crippen molar-refractivity contribution in [3.05, 3.63) is 53.5 Å². The minimum absolute atomic E-state index is 0.00127. The zero-order valence-electron chi connectivity index (χ0n) is 14.4. The van der Waals surface area contributed by atoms with E-state index in [9.17, 15) is 9.90 Å². The Kier molecular flexibility index (Phi) is 5.73. The summed E-state index contributed by atoms with van der Waals surface area (Å²) < 4.78 is 11.2. The fourth-order valence-corrected chi connectivity index (χ4v) is 3.00. The van der Waals surface area contributed by atoms with E-state index in [4.69, 9.17) is 9.15 Å². The number of morpholine rings is 1. The molecule has 0 saturated carbocycles. The van der Waals surface area contributed by atoms with Gasteiger partial charge in [0.1, 0.15) is 17.3 Å². The van der Waals surface area contributed by atoms with Crippen molar-refractivity contribution in [2.45, 2.75) is 19.4 Å². The number of hydrogen-bond donors (Lipinski definition) is 2. The summed E-state index contributed by atoms with van der Waals surface area (Å²) in [4.78, 5) is 14.6. The number of aryl methyl sites for hydroxylation is 1. The molecule has 1 aliphatic rings. The van der Waals surface area contributed by atoms with Crippen molar-refractivity contribution in [1.29, 1.82) is 0 Å². The maximum absolute atomic E-state index is 12.3. The monoisotopic (exact) mass is 344 g/mol. The fraction of sp³-hybridized carbons (Fsp3) is 0.421. The molecule has 0 radical (unpaired) electrons. The maximum Gasteiger partial charge on any atom is 0.224 e. The van der Waals surface area contributed by atoms with E-state index in [0.717, 1.165) is 30.2 Å². The quantitative estimate of drug-likeness (QED) is 0.839. The van der Waals surface area contributed by atoms with E-state index >= 15 is 0 Å². The van der Waals surface area contributed by atoms with E-state index in [1.165, 1.54) is 0 Å². The molecule has 0 aliphatic carbocycles. The number of furan rings is 1. The normalized spacial score (nSPS) is 16.5. The van der Waals surface area contributed by atoms with Crippen LogP contribution < -0.4 is 5.32 Å². The Morgan fingerprint density at radius 2 is 1.92 bits per heavy atom. The molecule has 1 amide bonds. The first-order valence-electron chi connectivity index (χ1n) is 8.54. The average Bonchev–Trinajstić information content (AvgIpc) is 3.04. The summed E-state index contributed by atoms with van der Waals surface area (Å²) in [5.74, 6) is 1.88. The van der Waals surface area contributed by atoms with Gasteiger partial charge in [0.2, 0.25) is 5.91 Å². The molecule has 1 atom stereocenters. The molecule has 1 unspecified atom stereocenters. The molecule has 2 N–H and O–H groups in total. The smallest absolute Gasteiger partial charge is 0.224 e. The number of nitrogens with zero attached hydrogens (tertiary/aromatic N) is 1. The van der Waals surface area contributed by atoms with Gasteiger partial charge in [-0.2, -0.15) is 0 Å². The van der Waals surface area contributed by atoms with E-state index in [2.05, 4.69) is 10.2 Å². The molecule has 2 heterocycles. The standard InChI is InChI=1S/C19H24N2O4/c1-14-2-7-18(25-14)17(21-8-10-24-11-9-21)13-20-19(23)12-15-3-5-16(22)6-4-15/h2-7,17,22H,8-13H2,1H3,(H,20,23). The van der Waals surface area contributed by atoms with Crippen molar-refractivity contribution in [2.75, 3.05) is 32.8 Å². The number of nitrogens with one attached hydrogen (secondary N) is 1. The molecule has 1 aromatic heterocycles. The molecule has 1 fully saturated rings. The summed E-state index contributed by atoms with van der Waals surface area (Å²) in [6.45, 7) is 5.43. The van der Waals surface area contributed by atoms with Crippen LogP contribution in [0.15, 0.2) is 40.8 Å². The van der Waals surface area contributed by atoms with Gasteiger partial charge in [-0.05, 0) is 36.8 Å². The summed E-state index contributed by atoms with van der Waals surface area (Å²) in [7, 11) is 0. The lowest BCUT2D eigenvalue weighted by Gasteiger charge is -2.33. The number of benzene rings is 1. The molecule has 6 nitrogen and oxygen atoms in total. The Morgan fingerprint density at radius 3 is 2.56 bits per heavy atom. The van der Waals surface area contributed by atoms with Gasteiger partial charge in [-0.3, -0.25) is 9.69 Å². The van der Waals surface area contributed by atoms with Crippen molar-refractivity contribution in [1.82, 2.24) is 10.2 Å². The number of rotatable bonds is 6. The van der Waals surface area contributed by atoms with Gasteiger partial charge in [-0.25, -0.2) is 0 Å². The van der Waals surface area contributed by atoms with Gasteiger partial charge in [-0.1, -0.05) is 12.1 Å². The lowest BCUT2D eigenvalue weighted by atomic mass is 10.1. The number of hydrogen-bond acceptors (Lipinski definition) is 5. The van der Waals surface area contributed by atoms with Gasteiger partial charge >= 0.3 is 0 Å². The zero-order chi connectivity index (χ0) is 17.6. The van der Waals surface area contributed by atoms with Crippen LogP contribution in [0.1, 0.15) is 23.1 Å². The van der Waals surface area contributed by atoms with Crippen LogP contribution in [0.25, 0.3) is 0 Å². The van der Waals surface area contributed by atoms with Crippen LogP contribution in [0.3, 0.4) is 0 Å². The van der Waals surface area contributed by atoms with E-state index in [1.807, 2.05) is 19.1 Å². The van der Waals surface area contributed by atoms with Crippen molar-refractivity contribution < 1.29 is 19.1 Å². The Balaban J connectivity index is 1.61. The van der Waals surface area contributed by atoms with Crippen LogP contribution in [0, 0.1) is 6.92 Å². The van der Waals surface area contributed by atoms with Gasteiger partial charge in [-0.15, -0.1) is 0 Å². The highest BCUT2D eigenvalue weighted by molar-refractivity contribution is 5.78. The summed E-state index contributed by atoms with van der Waals surface area (Å²) >= 11 is 0. The Labute approximate surface area is 147 Å². The van der Waals surface area contributed by atoms with Gasteiger partial charge in [0.25, 0.3) is 0 Å². The molecule has 2 aromatic rings.